The largest absolute Gasteiger partial charge is 0.756 e. The van der Waals surface area contributed by atoms with Crippen molar-refractivity contribution in [1.29, 1.82) is 0 Å². The topological polar surface area (TPSA) is 95.5 Å². The standard InChI is InChI=1S/C10H23O5P.CH5N/c1-6-9(13-4)10(7-2,8-3)15-16(11,12)14-5;1-2/h9H,6-8H2,1-5H3,(H,11,12);2H2,1H3. The molecule has 0 spiro atoms. The van der Waals surface area contributed by atoms with Crippen molar-refractivity contribution in [2.45, 2.75) is 51.7 Å². The minimum absolute atomic E-state index is 0.264. The van der Waals surface area contributed by atoms with Crippen LogP contribution in [0.5, 0.6) is 0 Å². The molecule has 18 heavy (non-hydrogen) atoms. The molecule has 3 N–H and O–H groups in total. The molecule has 0 radical (unpaired) electrons. The first kappa shape index (κ1) is 20.3. The molecule has 0 bridgehead atoms. The summed E-state index contributed by atoms with van der Waals surface area (Å²) in [6.07, 6.45) is 1.51. The highest BCUT2D eigenvalue weighted by Gasteiger charge is 2.39. The summed E-state index contributed by atoms with van der Waals surface area (Å²) in [5.74, 6) is 0. The number of quaternary nitrogens is 1. The second-order valence-electron chi connectivity index (χ2n) is 3.63. The van der Waals surface area contributed by atoms with Crippen LogP contribution in [0.25, 0.3) is 0 Å². The summed E-state index contributed by atoms with van der Waals surface area (Å²) in [4.78, 5) is 11.4. The summed E-state index contributed by atoms with van der Waals surface area (Å²) < 4.78 is 26.2. The summed E-state index contributed by atoms with van der Waals surface area (Å²) in [6, 6.07) is 0. The first-order valence-electron chi connectivity index (χ1n) is 6.22. The molecule has 0 rings (SSSR count). The summed E-state index contributed by atoms with van der Waals surface area (Å²) >= 11 is 0. The number of methoxy groups -OCH3 is 1. The normalized spacial score (nSPS) is 16.4. The van der Waals surface area contributed by atoms with Gasteiger partial charge in [0.25, 0.3) is 7.82 Å². The highest BCUT2D eigenvalue weighted by molar-refractivity contribution is 7.45. The van der Waals surface area contributed by atoms with E-state index in [1.54, 1.807) is 14.2 Å². The van der Waals surface area contributed by atoms with Gasteiger partial charge >= 0.3 is 0 Å². The lowest BCUT2D eigenvalue weighted by molar-refractivity contribution is -0.325. The Morgan fingerprint density at radius 3 is 1.89 bits per heavy atom. The molecular formula is C11H28NO5P. The number of hydrogen-bond acceptors (Lipinski definition) is 5. The lowest BCUT2D eigenvalue weighted by Gasteiger charge is -2.41. The van der Waals surface area contributed by atoms with Crippen molar-refractivity contribution in [1.82, 2.24) is 0 Å². The molecule has 0 aliphatic rings. The van der Waals surface area contributed by atoms with Crippen molar-refractivity contribution < 1.29 is 29.0 Å². The molecule has 0 aromatic carbocycles. The van der Waals surface area contributed by atoms with Gasteiger partial charge in [0.2, 0.25) is 0 Å². The molecule has 0 saturated carbocycles. The maximum absolute atomic E-state index is 11.4. The van der Waals surface area contributed by atoms with Crippen LogP contribution in [0.15, 0.2) is 0 Å². The first-order chi connectivity index (χ1) is 8.41. The van der Waals surface area contributed by atoms with Crippen LogP contribution in [0.3, 0.4) is 0 Å². The molecule has 0 amide bonds. The number of ether oxygens (including phenoxy) is 1. The van der Waals surface area contributed by atoms with E-state index in [2.05, 4.69) is 10.3 Å². The number of phosphoric acid groups is 1. The van der Waals surface area contributed by atoms with Crippen LogP contribution < -0.4 is 10.6 Å². The van der Waals surface area contributed by atoms with E-state index in [9.17, 15) is 9.46 Å². The van der Waals surface area contributed by atoms with E-state index in [0.29, 0.717) is 19.3 Å². The Bertz CT molecular complexity index is 242. The lowest BCUT2D eigenvalue weighted by atomic mass is 9.89. The second-order valence-corrected chi connectivity index (χ2v) is 5.07. The quantitative estimate of drug-likeness (QED) is 0.670. The second kappa shape index (κ2) is 9.89. The summed E-state index contributed by atoms with van der Waals surface area (Å²) in [5.41, 5.74) is 2.41. The van der Waals surface area contributed by atoms with Crippen LogP contribution >= 0.6 is 7.82 Å². The van der Waals surface area contributed by atoms with E-state index >= 15 is 0 Å². The molecule has 112 valence electrons. The van der Waals surface area contributed by atoms with Crippen LogP contribution in [0.1, 0.15) is 40.0 Å². The third-order valence-corrected chi connectivity index (χ3v) is 3.99. The molecular weight excluding hydrogens is 257 g/mol. The zero-order valence-electron chi connectivity index (χ0n) is 12.4. The molecule has 0 saturated heterocycles. The Hall–Kier alpha value is 0.0300. The summed E-state index contributed by atoms with van der Waals surface area (Å²) in [7, 11) is 0.162. The molecule has 0 fully saturated rings. The highest BCUT2D eigenvalue weighted by Crippen LogP contribution is 2.46. The van der Waals surface area contributed by atoms with Crippen LogP contribution in [0.2, 0.25) is 0 Å². The fourth-order valence-corrected chi connectivity index (χ4v) is 2.80. The van der Waals surface area contributed by atoms with Crippen molar-refractivity contribution in [3.05, 3.63) is 0 Å². The Kier molecular flexibility index (Phi) is 11.2. The highest BCUT2D eigenvalue weighted by atomic mass is 31.2. The van der Waals surface area contributed by atoms with Crippen LogP contribution in [-0.4, -0.2) is 33.0 Å². The fourth-order valence-electron chi connectivity index (χ4n) is 1.91. The van der Waals surface area contributed by atoms with Crippen LogP contribution in [0, 0.1) is 0 Å². The van der Waals surface area contributed by atoms with E-state index in [-0.39, 0.29) is 6.10 Å². The minimum Gasteiger partial charge on any atom is -0.756 e. The van der Waals surface area contributed by atoms with Crippen molar-refractivity contribution in [2.75, 3.05) is 21.3 Å². The summed E-state index contributed by atoms with van der Waals surface area (Å²) in [6.45, 7) is 5.68. The van der Waals surface area contributed by atoms with Gasteiger partial charge in [0.1, 0.15) is 5.60 Å². The third kappa shape index (κ3) is 5.78. The van der Waals surface area contributed by atoms with Gasteiger partial charge in [-0.25, -0.2) is 0 Å². The van der Waals surface area contributed by atoms with Gasteiger partial charge in [-0.2, -0.15) is 0 Å². The Morgan fingerprint density at radius 1 is 1.22 bits per heavy atom. The third-order valence-electron chi connectivity index (χ3n) is 2.96. The Labute approximate surface area is 110 Å². The van der Waals surface area contributed by atoms with E-state index in [4.69, 9.17) is 9.26 Å². The van der Waals surface area contributed by atoms with Gasteiger partial charge in [0.05, 0.1) is 13.2 Å². The van der Waals surface area contributed by atoms with Gasteiger partial charge in [-0.05, 0) is 19.3 Å². The zero-order chi connectivity index (χ0) is 14.8. The maximum Gasteiger partial charge on any atom is 0.268 e. The van der Waals surface area contributed by atoms with Gasteiger partial charge in [-0.1, -0.05) is 20.8 Å². The van der Waals surface area contributed by atoms with Gasteiger partial charge in [-0.15, -0.1) is 0 Å². The lowest BCUT2D eigenvalue weighted by Crippen LogP contribution is -2.45. The van der Waals surface area contributed by atoms with E-state index in [0.717, 1.165) is 7.11 Å². The molecule has 7 heteroatoms. The van der Waals surface area contributed by atoms with Gasteiger partial charge in [-0.3, -0.25) is 4.57 Å². The average Bonchev–Trinajstić information content (AvgIpc) is 2.40. The number of phosphoric ester groups is 1. The van der Waals surface area contributed by atoms with Crippen molar-refractivity contribution >= 4 is 7.82 Å². The zero-order valence-corrected chi connectivity index (χ0v) is 13.3. The number of hydrogen-bond donors (Lipinski definition) is 1. The van der Waals surface area contributed by atoms with E-state index in [1.165, 1.54) is 0 Å². The van der Waals surface area contributed by atoms with Gasteiger partial charge < -0.3 is 24.4 Å². The smallest absolute Gasteiger partial charge is 0.268 e. The summed E-state index contributed by atoms with van der Waals surface area (Å²) in [5, 5.41) is 0. The molecule has 6 nitrogen and oxygen atoms in total. The molecule has 0 aromatic rings. The molecule has 0 heterocycles. The predicted molar refractivity (Wildman–Crippen MR) is 68.9 cm³/mol. The molecule has 2 atom stereocenters. The fraction of sp³-hybridized carbons (Fsp3) is 1.00. The monoisotopic (exact) mass is 285 g/mol. The van der Waals surface area contributed by atoms with E-state index < -0.39 is 13.4 Å². The molecule has 2 unspecified atom stereocenters. The Balaban J connectivity index is 0. The van der Waals surface area contributed by atoms with Crippen LogP contribution in [-0.2, 0) is 18.3 Å². The van der Waals surface area contributed by atoms with Gasteiger partial charge in [0.15, 0.2) is 0 Å². The van der Waals surface area contributed by atoms with Gasteiger partial charge in [0, 0.05) is 14.2 Å². The number of rotatable bonds is 8. The van der Waals surface area contributed by atoms with Crippen molar-refractivity contribution in [2.24, 2.45) is 0 Å². The SMILES string of the molecule is CCC(OC)C(CC)(CC)OP(=O)([O-])OC.C[NH3+]. The van der Waals surface area contributed by atoms with E-state index in [1.807, 2.05) is 20.8 Å². The average molecular weight is 285 g/mol. The molecule has 0 aliphatic carbocycles. The predicted octanol–water partition coefficient (Wildman–Crippen LogP) is 0.960. The minimum atomic E-state index is -4.24. The van der Waals surface area contributed by atoms with Crippen LogP contribution in [0.4, 0.5) is 0 Å². The molecule has 0 aliphatic heterocycles. The maximum atomic E-state index is 11.4. The Morgan fingerprint density at radius 2 is 1.67 bits per heavy atom. The first-order valence-corrected chi connectivity index (χ1v) is 7.68. The molecule has 0 aromatic heterocycles. The van der Waals surface area contributed by atoms with Crippen molar-refractivity contribution in [3.63, 3.8) is 0 Å². The van der Waals surface area contributed by atoms with Crippen molar-refractivity contribution in [3.8, 4) is 0 Å².